The molecule has 4 rings (SSSR count). The van der Waals surface area contributed by atoms with Crippen LogP contribution in [0.25, 0.3) is 0 Å². The van der Waals surface area contributed by atoms with Gasteiger partial charge in [-0.15, -0.1) is 0 Å². The Hall–Kier alpha value is -3.74. The molecule has 3 aromatic rings. The number of fused-ring (bicyclic) bond motifs is 1. The van der Waals surface area contributed by atoms with Crippen LogP contribution in [0.4, 0.5) is 14.9 Å². The maximum Gasteiger partial charge on any atom is 0.319 e. The van der Waals surface area contributed by atoms with Crippen molar-refractivity contribution in [1.29, 1.82) is 0 Å². The van der Waals surface area contributed by atoms with Crippen LogP contribution in [0.2, 0.25) is 0 Å². The van der Waals surface area contributed by atoms with E-state index in [1.165, 1.54) is 12.1 Å². The highest BCUT2D eigenvalue weighted by Gasteiger charge is 2.14. The Bertz CT molecular complexity index is 992. The Morgan fingerprint density at radius 3 is 2.64 bits per heavy atom. The van der Waals surface area contributed by atoms with Crippen LogP contribution in [0, 0.1) is 5.82 Å². The summed E-state index contributed by atoms with van der Waals surface area (Å²) in [7, 11) is 0. The molecule has 0 fully saturated rings. The lowest BCUT2D eigenvalue weighted by Gasteiger charge is -2.10. The summed E-state index contributed by atoms with van der Waals surface area (Å²) >= 11 is 0. The molecule has 0 saturated heterocycles. The molecule has 3 aromatic carbocycles. The average molecular weight is 380 g/mol. The molecule has 0 aliphatic carbocycles. The fraction of sp³-hybridized carbons (Fsp3) is 0.0952. The number of carbonyl (C=O) groups is 1. The molecule has 7 heteroatoms. The van der Waals surface area contributed by atoms with Crippen molar-refractivity contribution in [3.63, 3.8) is 0 Å². The van der Waals surface area contributed by atoms with E-state index in [9.17, 15) is 9.18 Å². The van der Waals surface area contributed by atoms with Gasteiger partial charge in [0.1, 0.15) is 17.3 Å². The van der Waals surface area contributed by atoms with Gasteiger partial charge in [-0.25, -0.2) is 9.18 Å². The van der Waals surface area contributed by atoms with Crippen LogP contribution in [0.5, 0.6) is 23.0 Å². The van der Waals surface area contributed by atoms with E-state index in [0.29, 0.717) is 35.2 Å². The molecule has 28 heavy (non-hydrogen) atoms. The third kappa shape index (κ3) is 4.32. The van der Waals surface area contributed by atoms with Gasteiger partial charge in [0.2, 0.25) is 6.79 Å². The number of benzene rings is 3. The number of urea groups is 1. The monoisotopic (exact) mass is 380 g/mol. The summed E-state index contributed by atoms with van der Waals surface area (Å²) in [6, 6.07) is 17.9. The van der Waals surface area contributed by atoms with Crippen LogP contribution in [-0.2, 0) is 6.54 Å². The van der Waals surface area contributed by atoms with Crippen LogP contribution < -0.4 is 24.8 Å². The summed E-state index contributed by atoms with van der Waals surface area (Å²) in [5, 5.41) is 5.54. The second kappa shape index (κ2) is 7.87. The second-order valence-corrected chi connectivity index (χ2v) is 6.08. The molecular weight excluding hydrogens is 363 g/mol. The number of anilines is 1. The minimum absolute atomic E-state index is 0.182. The van der Waals surface area contributed by atoms with Crippen molar-refractivity contribution in [2.75, 3.05) is 12.1 Å². The molecule has 142 valence electrons. The zero-order chi connectivity index (χ0) is 19.3. The van der Waals surface area contributed by atoms with Crippen molar-refractivity contribution in [3.05, 3.63) is 78.1 Å². The van der Waals surface area contributed by atoms with E-state index < -0.39 is 0 Å². The lowest BCUT2D eigenvalue weighted by Crippen LogP contribution is -2.28. The molecule has 1 heterocycles. The van der Waals surface area contributed by atoms with Gasteiger partial charge in [0, 0.05) is 18.3 Å². The highest BCUT2D eigenvalue weighted by molar-refractivity contribution is 5.89. The number of ether oxygens (including phenoxy) is 3. The Morgan fingerprint density at radius 1 is 0.964 bits per heavy atom. The first-order chi connectivity index (χ1) is 13.7. The fourth-order valence-corrected chi connectivity index (χ4v) is 2.69. The van der Waals surface area contributed by atoms with Gasteiger partial charge in [0.05, 0.1) is 0 Å². The third-order valence-corrected chi connectivity index (χ3v) is 4.03. The number of amides is 2. The van der Waals surface area contributed by atoms with Gasteiger partial charge < -0.3 is 24.8 Å². The minimum atomic E-state index is -0.344. The Labute approximate surface area is 160 Å². The molecule has 2 N–H and O–H groups in total. The summed E-state index contributed by atoms with van der Waals surface area (Å²) in [6.45, 7) is 0.498. The molecule has 0 unspecified atom stereocenters. The summed E-state index contributed by atoms with van der Waals surface area (Å²) in [4.78, 5) is 12.1. The standard InChI is InChI=1S/C21H17FN2O4/c22-15-4-7-17(8-5-15)28-18-3-1-2-14(10-18)12-23-21(25)24-16-6-9-19-20(11-16)27-13-26-19/h1-11H,12-13H2,(H2,23,24,25). The molecule has 6 nitrogen and oxygen atoms in total. The molecule has 0 aromatic heterocycles. The number of rotatable bonds is 5. The van der Waals surface area contributed by atoms with Crippen molar-refractivity contribution in [2.24, 2.45) is 0 Å². The van der Waals surface area contributed by atoms with Gasteiger partial charge in [-0.3, -0.25) is 0 Å². The first kappa shape index (κ1) is 17.7. The molecule has 0 bridgehead atoms. The average Bonchev–Trinajstić information content (AvgIpc) is 3.16. The quantitative estimate of drug-likeness (QED) is 0.675. The van der Waals surface area contributed by atoms with Crippen molar-refractivity contribution in [1.82, 2.24) is 5.32 Å². The molecule has 2 amide bonds. The topological polar surface area (TPSA) is 68.8 Å². The highest BCUT2D eigenvalue weighted by atomic mass is 19.1. The van der Waals surface area contributed by atoms with Gasteiger partial charge in [0.25, 0.3) is 0 Å². The minimum Gasteiger partial charge on any atom is -0.457 e. The number of hydrogen-bond donors (Lipinski definition) is 2. The maximum absolute atomic E-state index is 13.0. The van der Waals surface area contributed by atoms with Crippen LogP contribution in [0.15, 0.2) is 66.7 Å². The van der Waals surface area contributed by atoms with E-state index in [1.807, 2.05) is 18.2 Å². The number of halogens is 1. The molecule has 0 atom stereocenters. The third-order valence-electron chi connectivity index (χ3n) is 4.03. The highest BCUT2D eigenvalue weighted by Crippen LogP contribution is 2.34. The predicted octanol–water partition coefficient (Wildman–Crippen LogP) is 4.67. The summed E-state index contributed by atoms with van der Waals surface area (Å²) in [5.74, 6) is 2.07. The van der Waals surface area contributed by atoms with E-state index in [1.54, 1.807) is 36.4 Å². The summed E-state index contributed by atoms with van der Waals surface area (Å²) in [5.41, 5.74) is 1.47. The van der Waals surface area contributed by atoms with Gasteiger partial charge in [-0.1, -0.05) is 12.1 Å². The van der Waals surface area contributed by atoms with E-state index >= 15 is 0 Å². The molecular formula is C21H17FN2O4. The molecule has 1 aliphatic heterocycles. The van der Waals surface area contributed by atoms with Gasteiger partial charge in [-0.2, -0.15) is 0 Å². The Balaban J connectivity index is 1.33. The van der Waals surface area contributed by atoms with Crippen molar-refractivity contribution >= 4 is 11.7 Å². The van der Waals surface area contributed by atoms with Crippen LogP contribution in [0.1, 0.15) is 5.56 Å². The second-order valence-electron chi connectivity index (χ2n) is 6.08. The summed E-state index contributed by atoms with van der Waals surface area (Å²) in [6.07, 6.45) is 0. The van der Waals surface area contributed by atoms with E-state index in [0.717, 1.165) is 5.56 Å². The normalized spacial score (nSPS) is 11.8. The fourth-order valence-electron chi connectivity index (χ4n) is 2.69. The number of hydrogen-bond acceptors (Lipinski definition) is 4. The first-order valence-corrected chi connectivity index (χ1v) is 8.62. The van der Waals surface area contributed by atoms with Crippen LogP contribution in [-0.4, -0.2) is 12.8 Å². The van der Waals surface area contributed by atoms with E-state index in [4.69, 9.17) is 14.2 Å². The Morgan fingerprint density at radius 2 is 1.79 bits per heavy atom. The lowest BCUT2D eigenvalue weighted by molar-refractivity contribution is 0.174. The van der Waals surface area contributed by atoms with Crippen molar-refractivity contribution in [2.45, 2.75) is 6.54 Å². The number of carbonyl (C=O) groups excluding carboxylic acids is 1. The first-order valence-electron chi connectivity index (χ1n) is 8.62. The van der Waals surface area contributed by atoms with E-state index in [2.05, 4.69) is 10.6 Å². The largest absolute Gasteiger partial charge is 0.457 e. The van der Waals surface area contributed by atoms with Crippen LogP contribution in [0.3, 0.4) is 0 Å². The molecule has 0 radical (unpaired) electrons. The smallest absolute Gasteiger partial charge is 0.319 e. The zero-order valence-corrected chi connectivity index (χ0v) is 14.8. The number of nitrogens with one attached hydrogen (secondary N) is 2. The van der Waals surface area contributed by atoms with Gasteiger partial charge >= 0.3 is 6.03 Å². The zero-order valence-electron chi connectivity index (χ0n) is 14.8. The Kier molecular flexibility index (Phi) is 4.97. The SMILES string of the molecule is O=C(NCc1cccc(Oc2ccc(F)cc2)c1)Nc1ccc2c(c1)OCO2. The predicted molar refractivity (Wildman–Crippen MR) is 101 cm³/mol. The molecule has 0 saturated carbocycles. The molecule has 0 spiro atoms. The van der Waals surface area contributed by atoms with Crippen molar-refractivity contribution < 1.29 is 23.4 Å². The van der Waals surface area contributed by atoms with Crippen molar-refractivity contribution in [3.8, 4) is 23.0 Å². The van der Waals surface area contributed by atoms with Gasteiger partial charge in [0.15, 0.2) is 11.5 Å². The van der Waals surface area contributed by atoms with E-state index in [-0.39, 0.29) is 18.6 Å². The lowest BCUT2D eigenvalue weighted by atomic mass is 10.2. The summed E-state index contributed by atoms with van der Waals surface area (Å²) < 4.78 is 29.2. The molecule has 1 aliphatic rings. The van der Waals surface area contributed by atoms with Crippen LogP contribution >= 0.6 is 0 Å². The maximum atomic E-state index is 13.0. The van der Waals surface area contributed by atoms with Gasteiger partial charge in [-0.05, 0) is 54.1 Å².